The van der Waals surface area contributed by atoms with Crippen LogP contribution < -0.4 is 5.32 Å². The van der Waals surface area contributed by atoms with Crippen molar-refractivity contribution in [2.45, 2.75) is 51.7 Å². The Morgan fingerprint density at radius 1 is 1.33 bits per heavy atom. The third-order valence-corrected chi connectivity index (χ3v) is 2.94. The van der Waals surface area contributed by atoms with Crippen LogP contribution in [0.15, 0.2) is 0 Å². The number of hydrogen-bond donors (Lipinski definition) is 2. The molecular formula is C12H25NO2. The molecular weight excluding hydrogens is 190 g/mol. The van der Waals surface area contributed by atoms with Crippen LogP contribution in [0.2, 0.25) is 0 Å². The molecule has 1 fully saturated rings. The molecule has 2 atom stereocenters. The summed E-state index contributed by atoms with van der Waals surface area (Å²) in [5.74, 6) is 0.458. The fourth-order valence-corrected chi connectivity index (χ4v) is 2.13. The van der Waals surface area contributed by atoms with Crippen LogP contribution >= 0.6 is 0 Å². The van der Waals surface area contributed by atoms with E-state index in [-0.39, 0.29) is 5.60 Å². The van der Waals surface area contributed by atoms with Crippen molar-refractivity contribution in [2.24, 2.45) is 5.92 Å². The third-order valence-electron chi connectivity index (χ3n) is 2.94. The van der Waals surface area contributed by atoms with Gasteiger partial charge in [-0.3, -0.25) is 0 Å². The first-order valence-electron chi connectivity index (χ1n) is 6.01. The van der Waals surface area contributed by atoms with Crippen LogP contribution in [0.1, 0.15) is 40.0 Å². The predicted molar refractivity (Wildman–Crippen MR) is 61.9 cm³/mol. The summed E-state index contributed by atoms with van der Waals surface area (Å²) >= 11 is 0. The summed E-state index contributed by atoms with van der Waals surface area (Å²) in [6.07, 6.45) is 3.60. The van der Waals surface area contributed by atoms with Gasteiger partial charge in [-0.25, -0.2) is 0 Å². The first-order valence-corrected chi connectivity index (χ1v) is 6.01. The molecule has 3 nitrogen and oxygen atoms in total. The van der Waals surface area contributed by atoms with Crippen LogP contribution in [0.25, 0.3) is 0 Å². The molecule has 1 aliphatic rings. The highest BCUT2D eigenvalue weighted by Crippen LogP contribution is 2.24. The SMILES string of the molecule is CC(C)(C)OCCNC1CCCC1CO. The molecule has 1 saturated carbocycles. The number of aliphatic hydroxyl groups is 1. The van der Waals surface area contributed by atoms with Crippen molar-refractivity contribution in [3.05, 3.63) is 0 Å². The second kappa shape index (κ2) is 5.83. The Bertz CT molecular complexity index is 177. The Morgan fingerprint density at radius 3 is 2.67 bits per heavy atom. The van der Waals surface area contributed by atoms with Crippen molar-refractivity contribution >= 4 is 0 Å². The Balaban J connectivity index is 2.09. The van der Waals surface area contributed by atoms with Crippen LogP contribution in [-0.4, -0.2) is 36.5 Å². The summed E-state index contributed by atoms with van der Waals surface area (Å²) < 4.78 is 5.63. The number of nitrogens with one attached hydrogen (secondary N) is 1. The molecule has 15 heavy (non-hydrogen) atoms. The van der Waals surface area contributed by atoms with Crippen molar-refractivity contribution in [1.29, 1.82) is 0 Å². The van der Waals surface area contributed by atoms with E-state index in [0.717, 1.165) is 19.6 Å². The smallest absolute Gasteiger partial charge is 0.0599 e. The van der Waals surface area contributed by atoms with Gasteiger partial charge in [0, 0.05) is 19.2 Å². The highest BCUT2D eigenvalue weighted by molar-refractivity contribution is 4.82. The van der Waals surface area contributed by atoms with Crippen molar-refractivity contribution < 1.29 is 9.84 Å². The minimum absolute atomic E-state index is 0.0479. The van der Waals surface area contributed by atoms with Crippen LogP contribution in [0.4, 0.5) is 0 Å². The molecule has 0 bridgehead atoms. The van der Waals surface area contributed by atoms with E-state index < -0.39 is 0 Å². The Kier molecular flexibility index (Phi) is 5.03. The van der Waals surface area contributed by atoms with E-state index >= 15 is 0 Å². The van der Waals surface area contributed by atoms with Crippen LogP contribution in [0.5, 0.6) is 0 Å². The topological polar surface area (TPSA) is 41.5 Å². The van der Waals surface area contributed by atoms with Gasteiger partial charge in [-0.1, -0.05) is 6.42 Å². The first-order chi connectivity index (χ1) is 7.03. The van der Waals surface area contributed by atoms with Gasteiger partial charge < -0.3 is 15.2 Å². The normalized spacial score (nSPS) is 27.2. The molecule has 0 heterocycles. The number of hydrogen-bond acceptors (Lipinski definition) is 3. The molecule has 1 rings (SSSR count). The molecule has 3 heteroatoms. The summed E-state index contributed by atoms with van der Waals surface area (Å²) in [4.78, 5) is 0. The van der Waals surface area contributed by atoms with Gasteiger partial charge in [-0.2, -0.15) is 0 Å². The second-order valence-corrected chi connectivity index (χ2v) is 5.40. The third kappa shape index (κ3) is 4.96. The van der Waals surface area contributed by atoms with Crippen LogP contribution in [0, 0.1) is 5.92 Å². The average molecular weight is 215 g/mol. The maximum Gasteiger partial charge on any atom is 0.0599 e. The summed E-state index contributed by atoms with van der Waals surface area (Å²) in [6.45, 7) is 8.16. The maximum absolute atomic E-state index is 9.15. The van der Waals surface area contributed by atoms with Gasteiger partial charge >= 0.3 is 0 Å². The van der Waals surface area contributed by atoms with E-state index in [9.17, 15) is 0 Å². The molecule has 0 aromatic heterocycles. The summed E-state index contributed by atoms with van der Waals surface area (Å²) in [7, 11) is 0. The van der Waals surface area contributed by atoms with E-state index in [2.05, 4.69) is 26.1 Å². The van der Waals surface area contributed by atoms with Gasteiger partial charge in [0.1, 0.15) is 0 Å². The Labute approximate surface area is 93.2 Å². The van der Waals surface area contributed by atoms with Crippen LogP contribution in [0.3, 0.4) is 0 Å². The lowest BCUT2D eigenvalue weighted by Gasteiger charge is -2.22. The summed E-state index contributed by atoms with van der Waals surface area (Å²) in [6, 6.07) is 0.499. The van der Waals surface area contributed by atoms with E-state index in [1.165, 1.54) is 12.8 Å². The quantitative estimate of drug-likeness (QED) is 0.684. The van der Waals surface area contributed by atoms with Gasteiger partial charge in [0.15, 0.2) is 0 Å². The molecule has 1 aliphatic carbocycles. The highest BCUT2D eigenvalue weighted by atomic mass is 16.5. The molecule has 90 valence electrons. The fraction of sp³-hybridized carbons (Fsp3) is 1.00. The van der Waals surface area contributed by atoms with Crippen molar-refractivity contribution in [2.75, 3.05) is 19.8 Å². The van der Waals surface area contributed by atoms with E-state index in [1.54, 1.807) is 0 Å². The Hall–Kier alpha value is -0.120. The monoisotopic (exact) mass is 215 g/mol. The zero-order chi connectivity index (χ0) is 11.3. The fourth-order valence-electron chi connectivity index (χ4n) is 2.13. The van der Waals surface area contributed by atoms with Crippen molar-refractivity contribution in [1.82, 2.24) is 5.32 Å². The highest BCUT2D eigenvalue weighted by Gasteiger charge is 2.25. The van der Waals surface area contributed by atoms with Gasteiger partial charge in [0.05, 0.1) is 12.2 Å². The molecule has 0 aromatic rings. The number of aliphatic hydroxyl groups excluding tert-OH is 1. The van der Waals surface area contributed by atoms with E-state index in [1.807, 2.05) is 0 Å². The van der Waals surface area contributed by atoms with Gasteiger partial charge in [0.25, 0.3) is 0 Å². The molecule has 0 saturated heterocycles. The molecule has 2 unspecified atom stereocenters. The van der Waals surface area contributed by atoms with Crippen molar-refractivity contribution in [3.63, 3.8) is 0 Å². The van der Waals surface area contributed by atoms with E-state index in [0.29, 0.717) is 18.6 Å². The van der Waals surface area contributed by atoms with Crippen molar-refractivity contribution in [3.8, 4) is 0 Å². The summed E-state index contributed by atoms with van der Waals surface area (Å²) in [5.41, 5.74) is -0.0479. The van der Waals surface area contributed by atoms with E-state index in [4.69, 9.17) is 9.84 Å². The molecule has 0 spiro atoms. The zero-order valence-electron chi connectivity index (χ0n) is 10.3. The number of rotatable bonds is 5. The average Bonchev–Trinajstić information content (AvgIpc) is 2.58. The minimum atomic E-state index is -0.0479. The molecule has 0 radical (unpaired) electrons. The minimum Gasteiger partial charge on any atom is -0.396 e. The Morgan fingerprint density at radius 2 is 2.07 bits per heavy atom. The van der Waals surface area contributed by atoms with Crippen LogP contribution in [-0.2, 0) is 4.74 Å². The van der Waals surface area contributed by atoms with Gasteiger partial charge in [-0.15, -0.1) is 0 Å². The van der Waals surface area contributed by atoms with Gasteiger partial charge in [-0.05, 0) is 39.5 Å². The molecule has 0 aliphatic heterocycles. The van der Waals surface area contributed by atoms with Gasteiger partial charge in [0.2, 0.25) is 0 Å². The zero-order valence-corrected chi connectivity index (χ0v) is 10.3. The lowest BCUT2D eigenvalue weighted by atomic mass is 10.1. The summed E-state index contributed by atoms with van der Waals surface area (Å²) in [5, 5.41) is 12.6. The standard InChI is InChI=1S/C12H25NO2/c1-12(2,3)15-8-7-13-11-6-4-5-10(11)9-14/h10-11,13-14H,4-9H2,1-3H3. The predicted octanol–water partition coefficient (Wildman–Crippen LogP) is 1.55. The number of ether oxygens (including phenoxy) is 1. The maximum atomic E-state index is 9.15. The first kappa shape index (κ1) is 12.9. The largest absolute Gasteiger partial charge is 0.396 e. The molecule has 0 amide bonds. The molecule has 0 aromatic carbocycles. The lowest BCUT2D eigenvalue weighted by molar-refractivity contribution is -0.00225. The molecule has 2 N–H and O–H groups in total. The second-order valence-electron chi connectivity index (χ2n) is 5.40. The lowest BCUT2D eigenvalue weighted by Crippen LogP contribution is -2.37.